The van der Waals surface area contributed by atoms with Gasteiger partial charge in [-0.1, -0.05) is 0 Å². The molecule has 2 aliphatic rings. The number of nitrogens with one attached hydrogen (secondary N) is 1. The van der Waals surface area contributed by atoms with Crippen molar-refractivity contribution in [1.82, 2.24) is 10.2 Å². The van der Waals surface area contributed by atoms with E-state index in [1.54, 1.807) is 0 Å². The summed E-state index contributed by atoms with van der Waals surface area (Å²) in [6.45, 7) is 8.30. The monoisotopic (exact) mass is 274 g/mol. The molecule has 2 fully saturated rings. The first kappa shape index (κ1) is 14.6. The van der Waals surface area contributed by atoms with Crippen LogP contribution in [0.2, 0.25) is 0 Å². The number of β-amino-alcohol motifs (C(OH)–C–C–N with tert-alkyl or cyclic N) is 1. The van der Waals surface area contributed by atoms with Crippen molar-refractivity contribution in [2.45, 2.75) is 30.6 Å². The minimum absolute atomic E-state index is 0.266. The molecule has 2 unspecified atom stereocenters. The summed E-state index contributed by atoms with van der Waals surface area (Å²) in [5.41, 5.74) is 0. The minimum atomic E-state index is -0.266. The van der Waals surface area contributed by atoms with Gasteiger partial charge in [0.05, 0.1) is 19.3 Å². The molecule has 0 saturated carbocycles. The third kappa shape index (κ3) is 4.70. The fraction of sp³-hybridized carbons (Fsp3) is 1.00. The summed E-state index contributed by atoms with van der Waals surface area (Å²) < 4.78 is 5.69. The van der Waals surface area contributed by atoms with Crippen molar-refractivity contribution in [3.63, 3.8) is 0 Å². The maximum Gasteiger partial charge on any atom is 0.0791 e. The predicted octanol–water partition coefficient (Wildman–Crippen LogP) is 0.555. The highest BCUT2D eigenvalue weighted by Gasteiger charge is 2.29. The second-order valence-electron chi connectivity index (χ2n) is 5.60. The Hall–Kier alpha value is 0.190. The van der Waals surface area contributed by atoms with Crippen molar-refractivity contribution < 1.29 is 9.84 Å². The number of aliphatic hydroxyl groups is 1. The first-order chi connectivity index (χ1) is 8.68. The zero-order valence-corrected chi connectivity index (χ0v) is 12.2. The zero-order valence-electron chi connectivity index (χ0n) is 11.4. The molecule has 2 rings (SSSR count). The van der Waals surface area contributed by atoms with Gasteiger partial charge in [0.25, 0.3) is 0 Å². The molecule has 0 bridgehead atoms. The Labute approximate surface area is 114 Å². The van der Waals surface area contributed by atoms with Gasteiger partial charge in [0.15, 0.2) is 0 Å². The topological polar surface area (TPSA) is 44.7 Å². The van der Waals surface area contributed by atoms with E-state index in [-0.39, 0.29) is 6.10 Å². The van der Waals surface area contributed by atoms with Crippen LogP contribution in [0.25, 0.3) is 0 Å². The summed E-state index contributed by atoms with van der Waals surface area (Å²) in [6.07, 6.45) is 2.36. The maximum absolute atomic E-state index is 10.0. The molecule has 0 amide bonds. The van der Waals surface area contributed by atoms with E-state index in [1.807, 2.05) is 0 Å². The molecule has 2 atom stereocenters. The van der Waals surface area contributed by atoms with Crippen LogP contribution in [0.3, 0.4) is 0 Å². The maximum atomic E-state index is 10.0. The summed E-state index contributed by atoms with van der Waals surface area (Å²) >= 11 is 2.06. The number of hydrogen-bond acceptors (Lipinski definition) is 5. The molecule has 4 nitrogen and oxygen atoms in total. The van der Waals surface area contributed by atoms with Gasteiger partial charge in [0.2, 0.25) is 0 Å². The average Bonchev–Trinajstić information content (AvgIpc) is 2.77. The summed E-state index contributed by atoms with van der Waals surface area (Å²) in [5.74, 6) is 1.29. The second-order valence-corrected chi connectivity index (χ2v) is 7.28. The molecule has 0 radical (unpaired) electrons. The number of hydrogen-bond donors (Lipinski definition) is 2. The van der Waals surface area contributed by atoms with Crippen LogP contribution in [-0.4, -0.2) is 72.5 Å². The van der Waals surface area contributed by atoms with Gasteiger partial charge in [0.1, 0.15) is 0 Å². The van der Waals surface area contributed by atoms with Crippen molar-refractivity contribution in [2.24, 2.45) is 0 Å². The summed E-state index contributed by atoms with van der Waals surface area (Å²) in [7, 11) is 0. The van der Waals surface area contributed by atoms with E-state index in [2.05, 4.69) is 28.9 Å². The Bertz CT molecular complexity index is 241. The van der Waals surface area contributed by atoms with Gasteiger partial charge in [-0.25, -0.2) is 0 Å². The first-order valence-corrected chi connectivity index (χ1v) is 7.99. The Kier molecular flexibility index (Phi) is 5.76. The summed E-state index contributed by atoms with van der Waals surface area (Å²) in [4.78, 5) is 2.28. The van der Waals surface area contributed by atoms with E-state index < -0.39 is 0 Å². The molecule has 106 valence electrons. The molecule has 2 N–H and O–H groups in total. The smallest absolute Gasteiger partial charge is 0.0791 e. The van der Waals surface area contributed by atoms with Gasteiger partial charge < -0.3 is 15.2 Å². The fourth-order valence-corrected chi connectivity index (χ4v) is 3.90. The molecule has 0 aromatic heterocycles. The van der Waals surface area contributed by atoms with Crippen LogP contribution in [-0.2, 0) is 4.74 Å². The lowest BCUT2D eigenvalue weighted by atomic mass is 10.1. The molecule has 0 aromatic rings. The minimum Gasteiger partial charge on any atom is -0.390 e. The normalized spacial score (nSPS) is 31.7. The second kappa shape index (κ2) is 7.10. The quantitative estimate of drug-likeness (QED) is 0.741. The molecule has 0 aromatic carbocycles. The lowest BCUT2D eigenvalue weighted by molar-refractivity contribution is 0.0149. The van der Waals surface area contributed by atoms with Gasteiger partial charge >= 0.3 is 0 Å². The van der Waals surface area contributed by atoms with Crippen LogP contribution < -0.4 is 5.32 Å². The summed E-state index contributed by atoms with van der Waals surface area (Å²) in [5, 5.41) is 13.4. The van der Waals surface area contributed by atoms with Gasteiger partial charge in [-0.05, 0) is 25.5 Å². The number of ether oxygens (including phenoxy) is 1. The highest BCUT2D eigenvalue weighted by atomic mass is 32.2. The molecule has 2 heterocycles. The number of aliphatic hydroxyl groups excluding tert-OH is 1. The van der Waals surface area contributed by atoms with Crippen LogP contribution >= 0.6 is 11.8 Å². The van der Waals surface area contributed by atoms with Gasteiger partial charge in [-0.2, -0.15) is 11.8 Å². The van der Waals surface area contributed by atoms with Crippen LogP contribution in [0.15, 0.2) is 0 Å². The highest BCUT2D eigenvalue weighted by Crippen LogP contribution is 2.36. The van der Waals surface area contributed by atoms with Crippen molar-refractivity contribution in [2.75, 3.05) is 51.7 Å². The van der Waals surface area contributed by atoms with Crippen LogP contribution in [0.4, 0.5) is 0 Å². The lowest BCUT2D eigenvalue weighted by Gasteiger charge is -2.29. The van der Waals surface area contributed by atoms with E-state index in [0.29, 0.717) is 11.3 Å². The number of thioether (sulfide) groups is 1. The highest BCUT2D eigenvalue weighted by molar-refractivity contribution is 8.00. The van der Waals surface area contributed by atoms with Crippen molar-refractivity contribution in [3.05, 3.63) is 0 Å². The molecule has 2 saturated heterocycles. The molecular formula is C13H26N2O2S. The standard InChI is InChI=1S/C13H26N2O2S/c1-13(3-2-8-18-13)11-14-9-12(16)10-15-4-6-17-7-5-15/h12,14,16H,2-11H2,1H3. The van der Waals surface area contributed by atoms with E-state index in [4.69, 9.17) is 4.74 Å². The Morgan fingerprint density at radius 1 is 1.44 bits per heavy atom. The average molecular weight is 274 g/mol. The molecular weight excluding hydrogens is 248 g/mol. The largest absolute Gasteiger partial charge is 0.390 e. The molecule has 18 heavy (non-hydrogen) atoms. The van der Waals surface area contributed by atoms with Crippen LogP contribution in [0.1, 0.15) is 19.8 Å². The van der Waals surface area contributed by atoms with Crippen molar-refractivity contribution in [3.8, 4) is 0 Å². The predicted molar refractivity (Wildman–Crippen MR) is 76.2 cm³/mol. The van der Waals surface area contributed by atoms with Gasteiger partial charge in [0, 0.05) is 37.5 Å². The third-order valence-corrected chi connectivity index (χ3v) is 5.29. The van der Waals surface area contributed by atoms with E-state index in [1.165, 1.54) is 18.6 Å². The first-order valence-electron chi connectivity index (χ1n) is 7.01. The van der Waals surface area contributed by atoms with Crippen LogP contribution in [0.5, 0.6) is 0 Å². The fourth-order valence-electron chi connectivity index (χ4n) is 2.63. The Morgan fingerprint density at radius 3 is 2.89 bits per heavy atom. The van der Waals surface area contributed by atoms with Gasteiger partial charge in [-0.3, -0.25) is 4.90 Å². The lowest BCUT2D eigenvalue weighted by Crippen LogP contribution is -2.45. The molecule has 5 heteroatoms. The van der Waals surface area contributed by atoms with Crippen molar-refractivity contribution >= 4 is 11.8 Å². The van der Waals surface area contributed by atoms with Crippen molar-refractivity contribution in [1.29, 1.82) is 0 Å². The third-order valence-electron chi connectivity index (χ3n) is 3.75. The van der Waals surface area contributed by atoms with E-state index in [9.17, 15) is 5.11 Å². The number of morpholine rings is 1. The summed E-state index contributed by atoms with van der Waals surface area (Å²) in [6, 6.07) is 0. The number of nitrogens with zero attached hydrogens (tertiary/aromatic N) is 1. The number of rotatable bonds is 6. The molecule has 2 aliphatic heterocycles. The van der Waals surface area contributed by atoms with Crippen LogP contribution in [0, 0.1) is 0 Å². The Morgan fingerprint density at radius 2 is 2.22 bits per heavy atom. The Balaban J connectivity index is 1.57. The molecule has 0 aliphatic carbocycles. The SMILES string of the molecule is CC1(CNCC(O)CN2CCOCC2)CCCS1. The van der Waals surface area contributed by atoms with Gasteiger partial charge in [-0.15, -0.1) is 0 Å². The molecule has 0 spiro atoms. The van der Waals surface area contributed by atoms with E-state index >= 15 is 0 Å². The zero-order chi connectivity index (χ0) is 12.8. The van der Waals surface area contributed by atoms with E-state index in [0.717, 1.165) is 39.4 Å².